The van der Waals surface area contributed by atoms with Gasteiger partial charge >= 0.3 is 0 Å². The lowest BCUT2D eigenvalue weighted by Crippen LogP contribution is -2.43. The van der Waals surface area contributed by atoms with E-state index in [0.29, 0.717) is 6.04 Å². The van der Waals surface area contributed by atoms with Gasteiger partial charge in [-0.2, -0.15) is 0 Å². The first kappa shape index (κ1) is 19.6. The molecule has 0 bridgehead atoms. The van der Waals surface area contributed by atoms with Gasteiger partial charge < -0.3 is 5.32 Å². The number of hydrogen-bond donors (Lipinski definition) is 1. The summed E-state index contributed by atoms with van der Waals surface area (Å²) in [5.74, 6) is 0. The van der Waals surface area contributed by atoms with Crippen molar-refractivity contribution < 1.29 is 0 Å². The van der Waals surface area contributed by atoms with E-state index in [0.717, 1.165) is 13.0 Å². The standard InChI is InChI=1S/C25H31NSi/c1-20-15-16-25(27(2,3)4)23(17-20)24(18-21-11-7-5-8-12-21)26-19-22-13-9-6-10-14-22/h5-17,24,26H,18-19H2,1-4H3. The van der Waals surface area contributed by atoms with Crippen molar-refractivity contribution in [2.45, 2.75) is 45.6 Å². The van der Waals surface area contributed by atoms with Crippen LogP contribution in [-0.4, -0.2) is 8.07 Å². The molecule has 1 N–H and O–H groups in total. The van der Waals surface area contributed by atoms with Crippen molar-refractivity contribution >= 4 is 13.3 Å². The Morgan fingerprint density at radius 3 is 1.96 bits per heavy atom. The highest BCUT2D eigenvalue weighted by atomic mass is 28.3. The van der Waals surface area contributed by atoms with Crippen molar-refractivity contribution in [2.75, 3.05) is 0 Å². The fourth-order valence-corrected chi connectivity index (χ4v) is 5.33. The van der Waals surface area contributed by atoms with E-state index in [1.165, 1.54) is 22.3 Å². The van der Waals surface area contributed by atoms with Crippen LogP contribution in [-0.2, 0) is 13.0 Å². The van der Waals surface area contributed by atoms with Crippen LogP contribution in [0.15, 0.2) is 78.9 Å². The zero-order valence-corrected chi connectivity index (χ0v) is 18.0. The van der Waals surface area contributed by atoms with Crippen LogP contribution >= 0.6 is 0 Å². The predicted octanol–water partition coefficient (Wildman–Crippen LogP) is 5.61. The Morgan fingerprint density at radius 1 is 0.778 bits per heavy atom. The van der Waals surface area contributed by atoms with Gasteiger partial charge in [0, 0.05) is 12.6 Å². The molecular weight excluding hydrogens is 342 g/mol. The maximum Gasteiger partial charge on any atom is 0.0780 e. The van der Waals surface area contributed by atoms with E-state index >= 15 is 0 Å². The molecule has 0 aliphatic carbocycles. The molecule has 0 radical (unpaired) electrons. The quantitative estimate of drug-likeness (QED) is 0.531. The minimum Gasteiger partial charge on any atom is -0.306 e. The number of hydrogen-bond acceptors (Lipinski definition) is 1. The summed E-state index contributed by atoms with van der Waals surface area (Å²) in [6, 6.07) is 28.9. The van der Waals surface area contributed by atoms with Gasteiger partial charge in [0.25, 0.3) is 0 Å². The molecule has 0 saturated carbocycles. The minimum absolute atomic E-state index is 0.314. The summed E-state index contributed by atoms with van der Waals surface area (Å²) < 4.78 is 0. The summed E-state index contributed by atoms with van der Waals surface area (Å²) in [4.78, 5) is 0. The molecule has 0 aliphatic heterocycles. The smallest absolute Gasteiger partial charge is 0.0780 e. The molecule has 1 unspecified atom stereocenters. The number of rotatable bonds is 7. The predicted molar refractivity (Wildman–Crippen MR) is 120 cm³/mol. The van der Waals surface area contributed by atoms with Gasteiger partial charge in [-0.15, -0.1) is 0 Å². The maximum absolute atomic E-state index is 3.86. The van der Waals surface area contributed by atoms with Gasteiger partial charge in [0.1, 0.15) is 0 Å². The Labute approximate surface area is 165 Å². The summed E-state index contributed by atoms with van der Waals surface area (Å²) >= 11 is 0. The highest BCUT2D eigenvalue weighted by molar-refractivity contribution is 6.89. The van der Waals surface area contributed by atoms with E-state index < -0.39 is 8.07 Å². The zero-order chi connectivity index (χ0) is 19.3. The Hall–Kier alpha value is -2.16. The second-order valence-corrected chi connectivity index (χ2v) is 13.5. The second-order valence-electron chi connectivity index (χ2n) is 8.45. The van der Waals surface area contributed by atoms with Gasteiger partial charge in [-0.3, -0.25) is 0 Å². The molecule has 0 aromatic heterocycles. The van der Waals surface area contributed by atoms with Crippen molar-refractivity contribution in [1.29, 1.82) is 0 Å². The van der Waals surface area contributed by atoms with Crippen LogP contribution in [0.5, 0.6) is 0 Å². The lowest BCUT2D eigenvalue weighted by molar-refractivity contribution is 0.532. The van der Waals surface area contributed by atoms with E-state index in [4.69, 9.17) is 0 Å². The Bertz CT molecular complexity index is 850. The van der Waals surface area contributed by atoms with Gasteiger partial charge in [0.2, 0.25) is 0 Å². The third-order valence-electron chi connectivity index (χ3n) is 5.07. The summed E-state index contributed by atoms with van der Waals surface area (Å²) in [5.41, 5.74) is 5.53. The fourth-order valence-electron chi connectivity index (χ4n) is 3.63. The van der Waals surface area contributed by atoms with Crippen LogP contribution in [0.1, 0.15) is 28.3 Å². The second kappa shape index (κ2) is 8.68. The van der Waals surface area contributed by atoms with E-state index in [1.54, 1.807) is 5.19 Å². The van der Waals surface area contributed by atoms with Crippen LogP contribution in [0.4, 0.5) is 0 Å². The van der Waals surface area contributed by atoms with Crippen LogP contribution in [0.25, 0.3) is 0 Å². The molecule has 1 atom stereocenters. The highest BCUT2D eigenvalue weighted by Crippen LogP contribution is 2.22. The topological polar surface area (TPSA) is 12.0 Å². The summed E-state index contributed by atoms with van der Waals surface area (Å²) in [7, 11) is -1.43. The number of aryl methyl sites for hydroxylation is 1. The van der Waals surface area contributed by atoms with Crippen LogP contribution < -0.4 is 10.5 Å². The first-order valence-corrected chi connectivity index (χ1v) is 13.4. The van der Waals surface area contributed by atoms with E-state index in [9.17, 15) is 0 Å². The van der Waals surface area contributed by atoms with Crippen molar-refractivity contribution in [3.63, 3.8) is 0 Å². The molecule has 0 fully saturated rings. The molecule has 27 heavy (non-hydrogen) atoms. The van der Waals surface area contributed by atoms with Crippen molar-refractivity contribution in [3.05, 3.63) is 101 Å². The van der Waals surface area contributed by atoms with E-state index in [1.807, 2.05) is 0 Å². The van der Waals surface area contributed by atoms with Gasteiger partial charge in [0.05, 0.1) is 8.07 Å². The minimum atomic E-state index is -1.43. The monoisotopic (exact) mass is 373 g/mol. The first-order chi connectivity index (χ1) is 12.9. The first-order valence-electron chi connectivity index (χ1n) is 9.86. The average molecular weight is 374 g/mol. The molecule has 3 aromatic rings. The largest absolute Gasteiger partial charge is 0.306 e. The molecule has 0 heterocycles. The third kappa shape index (κ3) is 5.41. The molecule has 3 rings (SSSR count). The molecule has 0 aliphatic rings. The fraction of sp³-hybridized carbons (Fsp3) is 0.280. The normalized spacial score (nSPS) is 12.7. The lowest BCUT2D eigenvalue weighted by Gasteiger charge is -2.28. The van der Waals surface area contributed by atoms with Crippen molar-refractivity contribution in [2.24, 2.45) is 0 Å². The van der Waals surface area contributed by atoms with Gasteiger partial charge in [-0.05, 0) is 30.0 Å². The van der Waals surface area contributed by atoms with Gasteiger partial charge in [-0.25, -0.2) is 0 Å². The molecule has 2 heteroatoms. The molecule has 0 saturated heterocycles. The zero-order valence-electron chi connectivity index (χ0n) is 17.0. The SMILES string of the molecule is Cc1ccc([Si](C)(C)C)c(C(Cc2ccccc2)NCc2ccccc2)c1. The Balaban J connectivity index is 1.95. The van der Waals surface area contributed by atoms with Gasteiger partial charge in [-0.1, -0.05) is 109 Å². The summed E-state index contributed by atoms with van der Waals surface area (Å²) in [6.45, 7) is 10.4. The average Bonchev–Trinajstić information content (AvgIpc) is 2.65. The van der Waals surface area contributed by atoms with Crippen molar-refractivity contribution in [3.8, 4) is 0 Å². The van der Waals surface area contributed by atoms with Crippen molar-refractivity contribution in [1.82, 2.24) is 5.32 Å². The molecular formula is C25H31NSi. The molecule has 140 valence electrons. The molecule has 0 amide bonds. The third-order valence-corrected chi connectivity index (χ3v) is 7.14. The highest BCUT2D eigenvalue weighted by Gasteiger charge is 2.24. The molecule has 3 aromatic carbocycles. The van der Waals surface area contributed by atoms with E-state index in [-0.39, 0.29) is 0 Å². The summed E-state index contributed by atoms with van der Waals surface area (Å²) in [5, 5.41) is 5.43. The summed E-state index contributed by atoms with van der Waals surface area (Å²) in [6.07, 6.45) is 1.01. The molecule has 1 nitrogen and oxygen atoms in total. The van der Waals surface area contributed by atoms with Gasteiger partial charge in [0.15, 0.2) is 0 Å². The van der Waals surface area contributed by atoms with Crippen LogP contribution in [0.3, 0.4) is 0 Å². The number of nitrogens with one attached hydrogen (secondary N) is 1. The maximum atomic E-state index is 3.86. The Morgan fingerprint density at radius 2 is 1.37 bits per heavy atom. The van der Waals surface area contributed by atoms with Crippen LogP contribution in [0.2, 0.25) is 19.6 Å². The van der Waals surface area contributed by atoms with Crippen LogP contribution in [0, 0.1) is 6.92 Å². The number of benzene rings is 3. The lowest BCUT2D eigenvalue weighted by atomic mass is 9.97. The molecule has 0 spiro atoms. The van der Waals surface area contributed by atoms with E-state index in [2.05, 4.69) is 111 Å². The Kier molecular flexibility index (Phi) is 6.30.